The Hall–Kier alpha value is -3.29. The highest BCUT2D eigenvalue weighted by molar-refractivity contribution is 5.97. The van der Waals surface area contributed by atoms with Crippen molar-refractivity contribution in [2.75, 3.05) is 0 Å². The van der Waals surface area contributed by atoms with E-state index in [1.165, 1.54) is 13.0 Å². The van der Waals surface area contributed by atoms with Gasteiger partial charge in [0.1, 0.15) is 6.04 Å². The molecule has 0 fully saturated rings. The minimum Gasteiger partial charge on any atom is -0.453 e. The number of alkyl halides is 2. The first-order valence-electron chi connectivity index (χ1n) is 10.0. The highest BCUT2D eigenvalue weighted by Gasteiger charge is 2.30. The monoisotopic (exact) mass is 429 g/mol. The molecule has 6 nitrogen and oxygen atoms in total. The first-order chi connectivity index (χ1) is 14.7. The van der Waals surface area contributed by atoms with E-state index in [0.29, 0.717) is 11.1 Å². The number of halogens is 2. The minimum atomic E-state index is -2.84. The van der Waals surface area contributed by atoms with Gasteiger partial charge in [0.15, 0.2) is 11.9 Å². The molecule has 164 valence electrons. The van der Waals surface area contributed by atoms with Crippen LogP contribution in [0.4, 0.5) is 8.78 Å². The smallest absolute Gasteiger partial charge is 0.329 e. The molecule has 0 aliphatic rings. The molecule has 8 heteroatoms. The Kier molecular flexibility index (Phi) is 6.68. The van der Waals surface area contributed by atoms with Crippen molar-refractivity contribution in [3.8, 4) is 0 Å². The molecule has 1 aromatic heterocycles. The quantitative estimate of drug-likeness (QED) is 0.548. The number of aromatic nitrogens is 2. The van der Waals surface area contributed by atoms with E-state index < -0.39 is 30.6 Å². The lowest BCUT2D eigenvalue weighted by molar-refractivity contribution is -0.152. The number of imidazole rings is 1. The summed E-state index contributed by atoms with van der Waals surface area (Å²) in [4.78, 5) is 29.7. The van der Waals surface area contributed by atoms with E-state index in [9.17, 15) is 18.4 Å². The number of benzene rings is 2. The fourth-order valence-electron chi connectivity index (χ4n) is 3.36. The maximum atomic E-state index is 13.7. The Labute approximate surface area is 179 Å². The van der Waals surface area contributed by atoms with E-state index in [1.54, 1.807) is 50.2 Å². The SMILES string of the molecule is Cc1cccc(C(=O)N[C@H](C(=O)OC(C)c2nc3ccccc3n2C(F)F)C(C)C)c1. The summed E-state index contributed by atoms with van der Waals surface area (Å²) in [6.07, 6.45) is -1.04. The van der Waals surface area contributed by atoms with Crippen molar-refractivity contribution in [1.82, 2.24) is 14.9 Å². The summed E-state index contributed by atoms with van der Waals surface area (Å²) in [7, 11) is 0. The van der Waals surface area contributed by atoms with E-state index in [2.05, 4.69) is 10.3 Å². The van der Waals surface area contributed by atoms with E-state index in [1.807, 2.05) is 13.0 Å². The molecular formula is C23H25F2N3O3. The van der Waals surface area contributed by atoms with Crippen LogP contribution >= 0.6 is 0 Å². The van der Waals surface area contributed by atoms with Crippen molar-refractivity contribution in [1.29, 1.82) is 0 Å². The molecule has 2 atom stereocenters. The standard InChI is InChI=1S/C23H25F2N3O3/c1-13(2)19(27-21(29)16-9-7-8-14(3)12-16)22(30)31-15(4)20-26-17-10-5-6-11-18(17)28(20)23(24)25/h5-13,15,19,23H,1-4H3,(H,27,29)/t15?,19-/m0/s1. The maximum absolute atomic E-state index is 13.7. The summed E-state index contributed by atoms with van der Waals surface area (Å²) in [5.41, 5.74) is 1.97. The predicted octanol–water partition coefficient (Wildman–Crippen LogP) is 4.80. The number of esters is 1. The zero-order valence-electron chi connectivity index (χ0n) is 17.8. The Balaban J connectivity index is 1.80. The van der Waals surface area contributed by atoms with E-state index in [-0.39, 0.29) is 17.3 Å². The number of rotatable bonds is 7. The Morgan fingerprint density at radius 3 is 2.42 bits per heavy atom. The number of aryl methyl sites for hydroxylation is 1. The highest BCUT2D eigenvalue weighted by atomic mass is 19.3. The molecule has 2 aromatic carbocycles. The molecule has 1 amide bonds. The molecular weight excluding hydrogens is 404 g/mol. The lowest BCUT2D eigenvalue weighted by Crippen LogP contribution is -2.45. The number of carbonyl (C=O) groups excluding carboxylic acids is 2. The van der Waals surface area contributed by atoms with Gasteiger partial charge >= 0.3 is 12.5 Å². The molecule has 0 aliphatic heterocycles. The lowest BCUT2D eigenvalue weighted by atomic mass is 10.0. The summed E-state index contributed by atoms with van der Waals surface area (Å²) in [6.45, 7) is 4.04. The minimum absolute atomic E-state index is 0.0583. The number of hydrogen-bond acceptors (Lipinski definition) is 4. The Morgan fingerprint density at radius 1 is 1.06 bits per heavy atom. The van der Waals surface area contributed by atoms with Crippen LogP contribution in [0.1, 0.15) is 55.2 Å². The molecule has 0 aliphatic carbocycles. The number of nitrogens with one attached hydrogen (secondary N) is 1. The van der Waals surface area contributed by atoms with E-state index in [4.69, 9.17) is 4.74 Å². The number of para-hydroxylation sites is 2. The van der Waals surface area contributed by atoms with Crippen LogP contribution in [0.15, 0.2) is 48.5 Å². The Morgan fingerprint density at radius 2 is 1.77 bits per heavy atom. The highest BCUT2D eigenvalue weighted by Crippen LogP contribution is 2.28. The van der Waals surface area contributed by atoms with Crippen LogP contribution in [-0.2, 0) is 9.53 Å². The van der Waals surface area contributed by atoms with E-state index in [0.717, 1.165) is 10.1 Å². The third-order valence-electron chi connectivity index (χ3n) is 4.96. The third-order valence-corrected chi connectivity index (χ3v) is 4.96. The van der Waals surface area contributed by atoms with Crippen LogP contribution in [0.2, 0.25) is 0 Å². The summed E-state index contributed by atoms with van der Waals surface area (Å²) >= 11 is 0. The van der Waals surface area contributed by atoms with Crippen LogP contribution in [0, 0.1) is 12.8 Å². The van der Waals surface area contributed by atoms with Gasteiger partial charge in [0.2, 0.25) is 0 Å². The zero-order valence-corrected chi connectivity index (χ0v) is 17.8. The van der Waals surface area contributed by atoms with Gasteiger partial charge in [0.25, 0.3) is 5.91 Å². The van der Waals surface area contributed by atoms with Gasteiger partial charge in [0, 0.05) is 5.56 Å². The number of nitrogens with zero attached hydrogens (tertiary/aromatic N) is 2. The van der Waals surface area contributed by atoms with E-state index >= 15 is 0 Å². The van der Waals surface area contributed by atoms with Crippen molar-refractivity contribution < 1.29 is 23.1 Å². The third kappa shape index (κ3) is 4.90. The number of ether oxygens (including phenoxy) is 1. The van der Waals surface area contributed by atoms with Gasteiger partial charge in [-0.1, -0.05) is 43.7 Å². The second kappa shape index (κ2) is 9.24. The molecule has 0 radical (unpaired) electrons. The molecule has 1 unspecified atom stereocenters. The average Bonchev–Trinajstić information content (AvgIpc) is 3.11. The van der Waals surface area contributed by atoms with Gasteiger partial charge < -0.3 is 10.1 Å². The average molecular weight is 429 g/mol. The van der Waals surface area contributed by atoms with Crippen LogP contribution in [0.25, 0.3) is 11.0 Å². The van der Waals surface area contributed by atoms with Crippen molar-refractivity contribution in [2.24, 2.45) is 5.92 Å². The summed E-state index contributed by atoms with van der Waals surface area (Å²) in [5.74, 6) is -1.46. The largest absolute Gasteiger partial charge is 0.453 e. The van der Waals surface area contributed by atoms with Gasteiger partial charge in [-0.15, -0.1) is 0 Å². The van der Waals surface area contributed by atoms with Gasteiger partial charge in [-0.05, 0) is 44.0 Å². The molecule has 3 rings (SSSR count). The molecule has 0 saturated carbocycles. The second-order valence-corrected chi connectivity index (χ2v) is 7.75. The number of hydrogen-bond donors (Lipinski definition) is 1. The fraction of sp³-hybridized carbons (Fsp3) is 0.348. The number of fused-ring (bicyclic) bond motifs is 1. The van der Waals surface area contributed by atoms with Crippen LogP contribution in [0.5, 0.6) is 0 Å². The van der Waals surface area contributed by atoms with Gasteiger partial charge in [-0.2, -0.15) is 8.78 Å². The van der Waals surface area contributed by atoms with Crippen molar-refractivity contribution in [3.63, 3.8) is 0 Å². The molecule has 0 spiro atoms. The van der Waals surface area contributed by atoms with Gasteiger partial charge in [0.05, 0.1) is 11.0 Å². The molecule has 0 saturated heterocycles. The van der Waals surface area contributed by atoms with Crippen molar-refractivity contribution in [2.45, 2.75) is 46.4 Å². The van der Waals surface area contributed by atoms with Crippen LogP contribution < -0.4 is 5.32 Å². The van der Waals surface area contributed by atoms with Crippen LogP contribution in [-0.4, -0.2) is 27.5 Å². The molecule has 3 aromatic rings. The topological polar surface area (TPSA) is 73.2 Å². The number of carbonyl (C=O) groups is 2. The Bertz CT molecular complexity index is 1090. The fourth-order valence-corrected chi connectivity index (χ4v) is 3.36. The first kappa shape index (κ1) is 22.4. The lowest BCUT2D eigenvalue weighted by Gasteiger charge is -2.23. The zero-order chi connectivity index (χ0) is 22.7. The molecule has 1 heterocycles. The normalized spacial score (nSPS) is 13.4. The molecule has 0 bridgehead atoms. The molecule has 1 N–H and O–H groups in total. The van der Waals surface area contributed by atoms with Crippen molar-refractivity contribution in [3.05, 3.63) is 65.5 Å². The maximum Gasteiger partial charge on any atom is 0.329 e. The first-order valence-corrected chi connectivity index (χ1v) is 10.0. The number of amides is 1. The summed E-state index contributed by atoms with van der Waals surface area (Å²) in [5, 5.41) is 2.69. The molecule has 31 heavy (non-hydrogen) atoms. The van der Waals surface area contributed by atoms with Crippen LogP contribution in [0.3, 0.4) is 0 Å². The van der Waals surface area contributed by atoms with Crippen molar-refractivity contribution >= 4 is 22.9 Å². The van der Waals surface area contributed by atoms with Gasteiger partial charge in [-0.25, -0.2) is 9.78 Å². The van der Waals surface area contributed by atoms with Gasteiger partial charge in [-0.3, -0.25) is 9.36 Å². The second-order valence-electron chi connectivity index (χ2n) is 7.75. The predicted molar refractivity (Wildman–Crippen MR) is 113 cm³/mol. The summed E-state index contributed by atoms with van der Waals surface area (Å²) in [6, 6.07) is 12.5. The summed E-state index contributed by atoms with van der Waals surface area (Å²) < 4.78 is 33.6.